The highest BCUT2D eigenvalue weighted by molar-refractivity contribution is 7.89. The van der Waals surface area contributed by atoms with Gasteiger partial charge in [-0.25, -0.2) is 17.8 Å². The van der Waals surface area contributed by atoms with Crippen LogP contribution in [0, 0.1) is 17.7 Å². The summed E-state index contributed by atoms with van der Waals surface area (Å²) >= 11 is 0. The molecule has 1 aromatic heterocycles. The normalized spacial score (nSPS) is 24.4. The Hall–Kier alpha value is -2.39. The van der Waals surface area contributed by atoms with Crippen LogP contribution in [0.5, 0.6) is 11.5 Å². The number of ether oxygens (including phenoxy) is 2. The predicted octanol–water partition coefficient (Wildman–Crippen LogP) is 2.53. The number of fused-ring (bicyclic) bond motifs is 2. The summed E-state index contributed by atoms with van der Waals surface area (Å²) in [7, 11) is -3.60. The van der Waals surface area contributed by atoms with E-state index >= 15 is 0 Å². The van der Waals surface area contributed by atoms with Gasteiger partial charge in [0, 0.05) is 38.4 Å². The number of hydrogen-bond acceptors (Lipinski definition) is 6. The number of aromatic nitrogens is 1. The van der Waals surface area contributed by atoms with Crippen LogP contribution in [-0.4, -0.2) is 57.1 Å². The van der Waals surface area contributed by atoms with Crippen molar-refractivity contribution in [2.24, 2.45) is 11.8 Å². The number of hydrogen-bond donors (Lipinski definition) is 0. The number of sulfonamides is 1. The van der Waals surface area contributed by atoms with Gasteiger partial charge in [-0.1, -0.05) is 0 Å². The summed E-state index contributed by atoms with van der Waals surface area (Å²) in [5.41, 5.74) is 0. The zero-order valence-corrected chi connectivity index (χ0v) is 17.4. The van der Waals surface area contributed by atoms with Gasteiger partial charge in [-0.05, 0) is 48.9 Å². The van der Waals surface area contributed by atoms with Crippen molar-refractivity contribution in [2.45, 2.75) is 17.7 Å². The Labute approximate surface area is 175 Å². The number of anilines is 1. The van der Waals surface area contributed by atoms with Crippen LogP contribution in [0.3, 0.4) is 0 Å². The first-order valence-electron chi connectivity index (χ1n) is 10.3. The molecule has 2 saturated heterocycles. The summed E-state index contributed by atoms with van der Waals surface area (Å²) in [5, 5.41) is 0. The van der Waals surface area contributed by atoms with Crippen molar-refractivity contribution >= 4 is 15.8 Å². The van der Waals surface area contributed by atoms with Crippen LogP contribution < -0.4 is 14.4 Å². The van der Waals surface area contributed by atoms with Gasteiger partial charge < -0.3 is 14.4 Å². The van der Waals surface area contributed by atoms with E-state index in [9.17, 15) is 12.8 Å². The van der Waals surface area contributed by atoms with Crippen molar-refractivity contribution in [1.29, 1.82) is 0 Å². The second-order valence-electron chi connectivity index (χ2n) is 8.02. The predicted molar refractivity (Wildman–Crippen MR) is 109 cm³/mol. The van der Waals surface area contributed by atoms with E-state index in [0.29, 0.717) is 56.7 Å². The minimum atomic E-state index is -3.60. The van der Waals surface area contributed by atoms with Gasteiger partial charge in [0.2, 0.25) is 10.0 Å². The van der Waals surface area contributed by atoms with Crippen LogP contribution in [0.4, 0.5) is 10.2 Å². The number of nitrogens with zero attached hydrogens (tertiary/aromatic N) is 3. The Morgan fingerprint density at radius 1 is 1.00 bits per heavy atom. The molecule has 2 aromatic rings. The molecule has 0 bridgehead atoms. The van der Waals surface area contributed by atoms with Gasteiger partial charge in [-0.15, -0.1) is 0 Å². The van der Waals surface area contributed by atoms with E-state index in [2.05, 4.69) is 4.98 Å². The number of rotatable bonds is 3. The molecular weight excluding hydrogens is 409 g/mol. The maximum absolute atomic E-state index is 14.1. The first kappa shape index (κ1) is 19.6. The molecule has 4 heterocycles. The third-order valence-corrected chi connectivity index (χ3v) is 8.10. The summed E-state index contributed by atoms with van der Waals surface area (Å²) in [5.74, 6) is 1.64. The van der Waals surface area contributed by atoms with Crippen molar-refractivity contribution in [3.63, 3.8) is 0 Å². The molecule has 0 spiro atoms. The summed E-state index contributed by atoms with van der Waals surface area (Å²) in [6.07, 6.45) is 3.23. The Morgan fingerprint density at radius 3 is 2.40 bits per heavy atom. The van der Waals surface area contributed by atoms with E-state index in [1.165, 1.54) is 6.07 Å². The van der Waals surface area contributed by atoms with E-state index in [1.54, 1.807) is 34.8 Å². The molecule has 2 atom stereocenters. The first-order valence-corrected chi connectivity index (χ1v) is 11.7. The molecular formula is C21H24FN3O4S. The number of pyridine rings is 1. The van der Waals surface area contributed by atoms with E-state index in [0.717, 1.165) is 12.8 Å². The third-order valence-electron chi connectivity index (χ3n) is 6.27. The van der Waals surface area contributed by atoms with E-state index in [1.807, 2.05) is 4.90 Å². The molecule has 3 aliphatic heterocycles. The van der Waals surface area contributed by atoms with Gasteiger partial charge in [-0.3, -0.25) is 0 Å². The Morgan fingerprint density at radius 2 is 1.70 bits per heavy atom. The fourth-order valence-electron chi connectivity index (χ4n) is 4.66. The zero-order chi connectivity index (χ0) is 20.7. The van der Waals surface area contributed by atoms with Gasteiger partial charge in [0.25, 0.3) is 0 Å². The lowest BCUT2D eigenvalue weighted by Gasteiger charge is -2.23. The first-order chi connectivity index (χ1) is 14.5. The molecule has 7 nitrogen and oxygen atoms in total. The minimum Gasteiger partial charge on any atom is -0.486 e. The molecule has 9 heteroatoms. The lowest BCUT2D eigenvalue weighted by molar-refractivity contribution is 0.171. The lowest BCUT2D eigenvalue weighted by Crippen LogP contribution is -2.31. The molecule has 2 fully saturated rings. The second-order valence-corrected chi connectivity index (χ2v) is 9.96. The van der Waals surface area contributed by atoms with Crippen LogP contribution in [0.15, 0.2) is 41.4 Å². The summed E-state index contributed by atoms with van der Waals surface area (Å²) in [6, 6.07) is 7.82. The van der Waals surface area contributed by atoms with Crippen LogP contribution in [0.1, 0.15) is 12.8 Å². The third kappa shape index (κ3) is 3.50. The average molecular weight is 434 g/mol. The SMILES string of the molecule is O=S(=O)(c1ccc2c(c1)OCCO2)N1C[C@H]2CCN(c3ncccc3F)CC[C@H]2C1. The maximum Gasteiger partial charge on any atom is 0.243 e. The van der Waals surface area contributed by atoms with Gasteiger partial charge in [0.15, 0.2) is 23.1 Å². The van der Waals surface area contributed by atoms with E-state index in [4.69, 9.17) is 9.47 Å². The molecule has 1 aromatic carbocycles. The van der Waals surface area contributed by atoms with Crippen molar-refractivity contribution in [1.82, 2.24) is 9.29 Å². The molecule has 0 radical (unpaired) electrons. The monoisotopic (exact) mass is 433 g/mol. The van der Waals surface area contributed by atoms with Gasteiger partial charge in [0.05, 0.1) is 4.90 Å². The highest BCUT2D eigenvalue weighted by Crippen LogP contribution is 2.38. The van der Waals surface area contributed by atoms with Crippen LogP contribution in [0.2, 0.25) is 0 Å². The number of halogens is 1. The average Bonchev–Trinajstić information content (AvgIpc) is 3.08. The fourth-order valence-corrected chi connectivity index (χ4v) is 6.23. The topological polar surface area (TPSA) is 72.0 Å². The zero-order valence-electron chi connectivity index (χ0n) is 16.5. The summed E-state index contributed by atoms with van der Waals surface area (Å²) in [4.78, 5) is 6.41. The smallest absolute Gasteiger partial charge is 0.243 e. The van der Waals surface area contributed by atoms with Gasteiger partial charge >= 0.3 is 0 Å². The minimum absolute atomic E-state index is 0.236. The molecule has 0 saturated carbocycles. The number of benzene rings is 1. The molecule has 160 valence electrons. The Bertz CT molecular complexity index is 1030. The lowest BCUT2D eigenvalue weighted by atomic mass is 9.92. The highest BCUT2D eigenvalue weighted by Gasteiger charge is 2.41. The van der Waals surface area contributed by atoms with E-state index in [-0.39, 0.29) is 22.5 Å². The molecule has 30 heavy (non-hydrogen) atoms. The van der Waals surface area contributed by atoms with Crippen molar-refractivity contribution < 1.29 is 22.3 Å². The quantitative estimate of drug-likeness (QED) is 0.741. The maximum atomic E-state index is 14.1. The van der Waals surface area contributed by atoms with Crippen molar-refractivity contribution in [3.05, 3.63) is 42.3 Å². The molecule has 0 N–H and O–H groups in total. The van der Waals surface area contributed by atoms with Crippen molar-refractivity contribution in [3.8, 4) is 11.5 Å². The summed E-state index contributed by atoms with van der Waals surface area (Å²) in [6.45, 7) is 3.20. The molecule has 0 aliphatic carbocycles. The van der Waals surface area contributed by atoms with Crippen LogP contribution in [-0.2, 0) is 10.0 Å². The fraction of sp³-hybridized carbons (Fsp3) is 0.476. The highest BCUT2D eigenvalue weighted by atomic mass is 32.2. The van der Waals surface area contributed by atoms with Gasteiger partial charge in [0.1, 0.15) is 13.2 Å². The van der Waals surface area contributed by atoms with Crippen molar-refractivity contribution in [2.75, 3.05) is 44.3 Å². The molecule has 0 amide bonds. The molecule has 0 unspecified atom stereocenters. The standard InChI is InChI=1S/C21H24FN3O4S/c22-18-2-1-7-23-21(18)24-8-5-15-13-25(14-16(15)6-9-24)30(26,27)17-3-4-19-20(12-17)29-11-10-28-19/h1-4,7,12,15-16H,5-6,8-11,13-14H2/t15-,16+. The Kier molecular flexibility index (Phi) is 5.02. The van der Waals surface area contributed by atoms with Gasteiger partial charge in [-0.2, -0.15) is 4.31 Å². The molecule has 3 aliphatic rings. The van der Waals surface area contributed by atoms with E-state index < -0.39 is 10.0 Å². The van der Waals surface area contributed by atoms with Crippen LogP contribution >= 0.6 is 0 Å². The largest absolute Gasteiger partial charge is 0.486 e. The summed E-state index contributed by atoms with van der Waals surface area (Å²) < 4.78 is 53.2. The molecule has 5 rings (SSSR count). The van der Waals surface area contributed by atoms with Crippen LogP contribution in [0.25, 0.3) is 0 Å². The Balaban J connectivity index is 1.30. The second kappa shape index (κ2) is 7.70.